The Morgan fingerprint density at radius 2 is 1.93 bits per heavy atom. The number of hydrogen-bond donors (Lipinski definition) is 0. The summed E-state index contributed by atoms with van der Waals surface area (Å²) >= 11 is 0. The van der Waals surface area contributed by atoms with Gasteiger partial charge in [0, 0.05) is 13.7 Å². The van der Waals surface area contributed by atoms with Crippen molar-refractivity contribution in [2.75, 3.05) is 13.7 Å². The van der Waals surface area contributed by atoms with Crippen molar-refractivity contribution in [2.45, 2.75) is 32.1 Å². The fraction of sp³-hybridized carbons (Fsp3) is 0.538. The Kier molecular flexibility index (Phi) is 5.31. The van der Waals surface area contributed by atoms with Gasteiger partial charge < -0.3 is 4.74 Å². The Balaban J connectivity index is 2.46. The predicted octanol–water partition coefficient (Wildman–Crippen LogP) is 3.61. The molecule has 0 N–H and O–H groups in total. The highest BCUT2D eigenvalue weighted by Gasteiger charge is 2.07. The lowest BCUT2D eigenvalue weighted by molar-refractivity contribution is 0.190. The molecule has 0 aliphatic heterocycles. The van der Waals surface area contributed by atoms with Gasteiger partial charge in [-0.2, -0.15) is 0 Å². The Morgan fingerprint density at radius 3 is 2.50 bits per heavy atom. The maximum Gasteiger partial charge on any atom is 0.0462 e. The van der Waals surface area contributed by atoms with Crippen LogP contribution in [-0.4, -0.2) is 13.7 Å². The topological polar surface area (TPSA) is 9.23 Å². The third-order valence-electron chi connectivity index (χ3n) is 2.66. The summed E-state index contributed by atoms with van der Waals surface area (Å²) < 4.78 is 5.07. The molecule has 0 aromatic heterocycles. The third-order valence-corrected chi connectivity index (χ3v) is 2.66. The molecule has 1 heteroatoms. The number of hydrogen-bond acceptors (Lipinski definition) is 1. The Hall–Kier alpha value is -0.820. The summed E-state index contributed by atoms with van der Waals surface area (Å²) in [7, 11) is 1.77. The van der Waals surface area contributed by atoms with E-state index in [0.717, 1.165) is 13.0 Å². The quantitative estimate of drug-likeness (QED) is 0.626. The van der Waals surface area contributed by atoms with Gasteiger partial charge in [0.2, 0.25) is 0 Å². The van der Waals surface area contributed by atoms with Crippen LogP contribution in [0.4, 0.5) is 0 Å². The summed E-state index contributed by atoms with van der Waals surface area (Å²) in [6.45, 7) is 3.13. The minimum atomic E-state index is 0.700. The van der Waals surface area contributed by atoms with Crippen molar-refractivity contribution < 1.29 is 4.74 Å². The van der Waals surface area contributed by atoms with Crippen LogP contribution < -0.4 is 0 Å². The van der Waals surface area contributed by atoms with Gasteiger partial charge in [-0.15, -0.1) is 0 Å². The molecule has 14 heavy (non-hydrogen) atoms. The van der Waals surface area contributed by atoms with E-state index in [-0.39, 0.29) is 0 Å². The fourth-order valence-electron chi connectivity index (χ4n) is 1.81. The molecule has 1 unspecified atom stereocenters. The summed E-state index contributed by atoms with van der Waals surface area (Å²) in [5.41, 5.74) is 1.46. The van der Waals surface area contributed by atoms with Crippen LogP contribution in [0, 0.1) is 0 Å². The van der Waals surface area contributed by atoms with Crippen LogP contribution in [0.15, 0.2) is 30.3 Å². The summed E-state index contributed by atoms with van der Waals surface area (Å²) in [4.78, 5) is 0. The highest BCUT2D eigenvalue weighted by Crippen LogP contribution is 2.24. The number of methoxy groups -OCH3 is 1. The Labute approximate surface area is 87.1 Å². The number of rotatable bonds is 6. The van der Waals surface area contributed by atoms with E-state index in [2.05, 4.69) is 37.3 Å². The monoisotopic (exact) mass is 192 g/mol. The van der Waals surface area contributed by atoms with Crippen LogP contribution in [0.3, 0.4) is 0 Å². The second-order valence-corrected chi connectivity index (χ2v) is 3.65. The largest absolute Gasteiger partial charge is 0.385 e. The van der Waals surface area contributed by atoms with Gasteiger partial charge in [-0.3, -0.25) is 0 Å². The lowest BCUT2D eigenvalue weighted by atomic mass is 9.92. The van der Waals surface area contributed by atoms with Crippen LogP contribution in [0.2, 0.25) is 0 Å². The van der Waals surface area contributed by atoms with Crippen molar-refractivity contribution in [1.29, 1.82) is 0 Å². The average molecular weight is 192 g/mol. The zero-order chi connectivity index (χ0) is 10.2. The maximum atomic E-state index is 5.07. The first-order valence-electron chi connectivity index (χ1n) is 5.42. The zero-order valence-corrected chi connectivity index (χ0v) is 9.20. The fourth-order valence-corrected chi connectivity index (χ4v) is 1.81. The highest BCUT2D eigenvalue weighted by molar-refractivity contribution is 5.19. The van der Waals surface area contributed by atoms with Crippen molar-refractivity contribution in [3.63, 3.8) is 0 Å². The molecular formula is C13H20O. The first-order chi connectivity index (χ1) is 6.88. The van der Waals surface area contributed by atoms with Crippen molar-refractivity contribution in [1.82, 2.24) is 0 Å². The van der Waals surface area contributed by atoms with Crippen LogP contribution in [0.25, 0.3) is 0 Å². The van der Waals surface area contributed by atoms with Gasteiger partial charge in [-0.05, 0) is 30.7 Å². The minimum absolute atomic E-state index is 0.700. The molecule has 0 amide bonds. The molecule has 1 aromatic rings. The first-order valence-corrected chi connectivity index (χ1v) is 5.42. The molecule has 0 fully saturated rings. The van der Waals surface area contributed by atoms with Gasteiger partial charge in [0.25, 0.3) is 0 Å². The Morgan fingerprint density at radius 1 is 1.21 bits per heavy atom. The van der Waals surface area contributed by atoms with Crippen molar-refractivity contribution in [2.24, 2.45) is 0 Å². The predicted molar refractivity (Wildman–Crippen MR) is 60.6 cm³/mol. The minimum Gasteiger partial charge on any atom is -0.385 e. The summed E-state index contributed by atoms with van der Waals surface area (Å²) in [6.07, 6.45) is 3.60. The van der Waals surface area contributed by atoms with E-state index < -0.39 is 0 Å². The molecule has 1 rings (SSSR count). The number of ether oxygens (including phenoxy) is 1. The smallest absolute Gasteiger partial charge is 0.0462 e. The molecular weight excluding hydrogens is 172 g/mol. The van der Waals surface area contributed by atoms with E-state index in [0.29, 0.717) is 5.92 Å². The molecule has 0 spiro atoms. The number of benzene rings is 1. The average Bonchev–Trinajstić information content (AvgIpc) is 2.26. The summed E-state index contributed by atoms with van der Waals surface area (Å²) in [6, 6.07) is 10.8. The van der Waals surface area contributed by atoms with Crippen LogP contribution in [-0.2, 0) is 4.74 Å². The van der Waals surface area contributed by atoms with Gasteiger partial charge >= 0.3 is 0 Å². The van der Waals surface area contributed by atoms with Gasteiger partial charge in [-0.25, -0.2) is 0 Å². The third kappa shape index (κ3) is 3.51. The standard InChI is InChI=1S/C13H20O/c1-3-12(10-7-11-14-2)13-8-5-4-6-9-13/h4-6,8-9,12H,3,7,10-11H2,1-2H3. The van der Waals surface area contributed by atoms with E-state index in [1.165, 1.54) is 18.4 Å². The van der Waals surface area contributed by atoms with Crippen LogP contribution >= 0.6 is 0 Å². The van der Waals surface area contributed by atoms with Crippen molar-refractivity contribution in [3.8, 4) is 0 Å². The van der Waals surface area contributed by atoms with Gasteiger partial charge in [-0.1, -0.05) is 37.3 Å². The highest BCUT2D eigenvalue weighted by atomic mass is 16.5. The second-order valence-electron chi connectivity index (χ2n) is 3.65. The van der Waals surface area contributed by atoms with E-state index in [1.807, 2.05) is 0 Å². The first kappa shape index (κ1) is 11.3. The molecule has 0 heterocycles. The lowest BCUT2D eigenvalue weighted by Gasteiger charge is -2.14. The molecule has 1 aromatic carbocycles. The van der Waals surface area contributed by atoms with Gasteiger partial charge in [0.1, 0.15) is 0 Å². The van der Waals surface area contributed by atoms with Gasteiger partial charge in [0.05, 0.1) is 0 Å². The zero-order valence-electron chi connectivity index (χ0n) is 9.20. The van der Waals surface area contributed by atoms with E-state index in [1.54, 1.807) is 7.11 Å². The van der Waals surface area contributed by atoms with Gasteiger partial charge in [0.15, 0.2) is 0 Å². The van der Waals surface area contributed by atoms with E-state index in [9.17, 15) is 0 Å². The molecule has 0 bridgehead atoms. The SMILES string of the molecule is CCC(CCCOC)c1ccccc1. The maximum absolute atomic E-state index is 5.07. The second kappa shape index (κ2) is 6.61. The molecule has 1 nitrogen and oxygen atoms in total. The van der Waals surface area contributed by atoms with Crippen molar-refractivity contribution >= 4 is 0 Å². The van der Waals surface area contributed by atoms with Crippen LogP contribution in [0.5, 0.6) is 0 Å². The normalized spacial score (nSPS) is 12.7. The van der Waals surface area contributed by atoms with Crippen molar-refractivity contribution in [3.05, 3.63) is 35.9 Å². The lowest BCUT2D eigenvalue weighted by Crippen LogP contribution is -1.99. The molecule has 0 saturated carbocycles. The summed E-state index contributed by atoms with van der Waals surface area (Å²) in [5.74, 6) is 0.700. The molecule has 1 atom stereocenters. The van der Waals surface area contributed by atoms with Crippen LogP contribution in [0.1, 0.15) is 37.7 Å². The molecule has 0 saturated heterocycles. The molecule has 0 aliphatic carbocycles. The van der Waals surface area contributed by atoms with E-state index >= 15 is 0 Å². The molecule has 0 radical (unpaired) electrons. The molecule has 0 aliphatic rings. The summed E-state index contributed by atoms with van der Waals surface area (Å²) in [5, 5.41) is 0. The Bertz CT molecular complexity index is 230. The van der Waals surface area contributed by atoms with E-state index in [4.69, 9.17) is 4.74 Å². The molecule has 78 valence electrons.